The van der Waals surface area contributed by atoms with Gasteiger partial charge < -0.3 is 10.5 Å². The minimum atomic E-state index is -1.44. The molecular weight excluding hydrogens is 204 g/mol. The lowest BCUT2D eigenvalue weighted by molar-refractivity contribution is -0.155. The number of rotatable bonds is 6. The minimum absolute atomic E-state index is 0.0905. The van der Waals surface area contributed by atoms with E-state index in [0.29, 0.717) is 0 Å². The lowest BCUT2D eigenvalue weighted by atomic mass is 10.1. The van der Waals surface area contributed by atoms with Crippen molar-refractivity contribution in [2.75, 3.05) is 6.61 Å². The summed E-state index contributed by atoms with van der Waals surface area (Å²) in [4.78, 5) is 32.7. The molecule has 0 bridgehead atoms. The predicted molar refractivity (Wildman–Crippen MR) is 48.4 cm³/mol. The number of primary amides is 1. The Bertz CT molecular complexity index is 276. The summed E-state index contributed by atoms with van der Waals surface area (Å²) >= 11 is 0. The molecule has 1 atom stereocenters. The number of hydrogen-bond donors (Lipinski definition) is 3. The van der Waals surface area contributed by atoms with Gasteiger partial charge in [0.05, 0.1) is 0 Å². The van der Waals surface area contributed by atoms with Crippen LogP contribution in [-0.4, -0.2) is 29.6 Å². The Balaban J connectivity index is 4.46. The van der Waals surface area contributed by atoms with E-state index >= 15 is 0 Å². The second-order valence-corrected chi connectivity index (χ2v) is 2.62. The molecule has 0 radical (unpaired) electrons. The molecule has 0 saturated heterocycles. The lowest BCUT2D eigenvalue weighted by Crippen LogP contribution is -2.37. The molecule has 0 aliphatic heterocycles. The summed E-state index contributed by atoms with van der Waals surface area (Å²) in [6.45, 7) is 3.21. The van der Waals surface area contributed by atoms with Gasteiger partial charge in [0.2, 0.25) is 5.91 Å². The van der Waals surface area contributed by atoms with Gasteiger partial charge in [-0.05, 0) is 0 Å². The maximum Gasteiger partial charge on any atom is 0.319 e. The molecular formula is C8H12N2O5. The molecule has 4 N–H and O–H groups in total. The van der Waals surface area contributed by atoms with Gasteiger partial charge in [-0.2, -0.15) is 0 Å². The Labute approximate surface area is 85.8 Å². The number of nitrogens with two attached hydrogens (primary N) is 1. The molecule has 84 valence electrons. The SMILES string of the molecule is C=CCOC(=O)C(CC(N)=O)C(=O)NO. The first-order chi connectivity index (χ1) is 7.02. The zero-order valence-corrected chi connectivity index (χ0v) is 7.93. The number of nitrogens with one attached hydrogen (secondary N) is 1. The molecule has 7 nitrogen and oxygen atoms in total. The largest absolute Gasteiger partial charge is 0.461 e. The molecule has 0 aliphatic carbocycles. The molecule has 0 aromatic carbocycles. The third-order valence-corrected chi connectivity index (χ3v) is 1.46. The van der Waals surface area contributed by atoms with Crippen LogP contribution in [0.4, 0.5) is 0 Å². The Morgan fingerprint density at radius 2 is 2.13 bits per heavy atom. The monoisotopic (exact) mass is 216 g/mol. The minimum Gasteiger partial charge on any atom is -0.461 e. The Morgan fingerprint density at radius 1 is 1.53 bits per heavy atom. The quantitative estimate of drug-likeness (QED) is 0.168. The Hall–Kier alpha value is -1.89. The van der Waals surface area contributed by atoms with Crippen molar-refractivity contribution in [3.8, 4) is 0 Å². The average molecular weight is 216 g/mol. The van der Waals surface area contributed by atoms with E-state index in [4.69, 9.17) is 10.9 Å². The molecule has 15 heavy (non-hydrogen) atoms. The first kappa shape index (κ1) is 13.1. The van der Waals surface area contributed by atoms with Gasteiger partial charge in [-0.1, -0.05) is 12.7 Å². The van der Waals surface area contributed by atoms with Crippen LogP contribution in [0.5, 0.6) is 0 Å². The average Bonchev–Trinajstić information content (AvgIpc) is 2.21. The highest BCUT2D eigenvalue weighted by atomic mass is 16.5. The topological polar surface area (TPSA) is 119 Å². The molecule has 0 aromatic heterocycles. The van der Waals surface area contributed by atoms with Crippen molar-refractivity contribution in [1.29, 1.82) is 0 Å². The Morgan fingerprint density at radius 3 is 2.53 bits per heavy atom. The molecule has 1 unspecified atom stereocenters. The van der Waals surface area contributed by atoms with E-state index < -0.39 is 30.1 Å². The smallest absolute Gasteiger partial charge is 0.319 e. The molecule has 0 heterocycles. The number of ether oxygens (including phenoxy) is 1. The van der Waals surface area contributed by atoms with E-state index in [2.05, 4.69) is 11.3 Å². The highest BCUT2D eigenvalue weighted by Gasteiger charge is 2.29. The van der Waals surface area contributed by atoms with Gasteiger partial charge >= 0.3 is 5.97 Å². The fraction of sp³-hybridized carbons (Fsp3) is 0.375. The summed E-state index contributed by atoms with van der Waals surface area (Å²) in [5, 5.41) is 8.31. The van der Waals surface area contributed by atoms with E-state index in [1.165, 1.54) is 11.6 Å². The van der Waals surface area contributed by atoms with Crippen molar-refractivity contribution >= 4 is 17.8 Å². The molecule has 2 amide bonds. The maximum absolute atomic E-state index is 11.2. The van der Waals surface area contributed by atoms with Crippen molar-refractivity contribution in [3.05, 3.63) is 12.7 Å². The van der Waals surface area contributed by atoms with E-state index in [9.17, 15) is 14.4 Å². The van der Waals surface area contributed by atoms with E-state index in [-0.39, 0.29) is 6.61 Å². The number of esters is 1. The van der Waals surface area contributed by atoms with Crippen LogP contribution in [0.15, 0.2) is 12.7 Å². The highest BCUT2D eigenvalue weighted by Crippen LogP contribution is 2.05. The van der Waals surface area contributed by atoms with Crippen LogP contribution in [-0.2, 0) is 19.1 Å². The molecule has 0 fully saturated rings. The first-order valence-corrected chi connectivity index (χ1v) is 4.02. The van der Waals surface area contributed by atoms with E-state index in [0.717, 1.165) is 0 Å². The van der Waals surface area contributed by atoms with Gasteiger partial charge in [-0.3, -0.25) is 19.6 Å². The summed E-state index contributed by atoms with van der Waals surface area (Å²) in [7, 11) is 0. The fourth-order valence-electron chi connectivity index (χ4n) is 0.804. The van der Waals surface area contributed by atoms with Crippen LogP contribution in [0, 0.1) is 5.92 Å². The summed E-state index contributed by atoms with van der Waals surface area (Å²) in [6, 6.07) is 0. The zero-order chi connectivity index (χ0) is 11.8. The van der Waals surface area contributed by atoms with Crippen molar-refractivity contribution in [1.82, 2.24) is 5.48 Å². The number of carbonyl (C=O) groups excluding carboxylic acids is 3. The maximum atomic E-state index is 11.2. The van der Waals surface area contributed by atoms with Crippen molar-refractivity contribution < 1.29 is 24.3 Å². The fourth-order valence-corrected chi connectivity index (χ4v) is 0.804. The number of amides is 2. The van der Waals surface area contributed by atoms with Crippen LogP contribution in [0.1, 0.15) is 6.42 Å². The molecule has 0 rings (SSSR count). The predicted octanol–water partition coefficient (Wildman–Crippen LogP) is -1.29. The molecule has 7 heteroatoms. The molecule has 0 aliphatic rings. The van der Waals surface area contributed by atoms with Crippen LogP contribution < -0.4 is 11.2 Å². The molecule has 0 aromatic rings. The van der Waals surface area contributed by atoms with Crippen molar-refractivity contribution in [2.45, 2.75) is 6.42 Å². The third kappa shape index (κ3) is 4.77. The zero-order valence-electron chi connectivity index (χ0n) is 7.93. The first-order valence-electron chi connectivity index (χ1n) is 4.02. The molecule has 0 spiro atoms. The van der Waals surface area contributed by atoms with Gasteiger partial charge in [0.15, 0.2) is 0 Å². The molecule has 0 saturated carbocycles. The van der Waals surface area contributed by atoms with Crippen LogP contribution >= 0.6 is 0 Å². The van der Waals surface area contributed by atoms with Gasteiger partial charge in [0.1, 0.15) is 12.5 Å². The van der Waals surface area contributed by atoms with Crippen LogP contribution in [0.3, 0.4) is 0 Å². The highest BCUT2D eigenvalue weighted by molar-refractivity contribution is 6.00. The summed E-state index contributed by atoms with van der Waals surface area (Å²) in [6.07, 6.45) is 0.776. The number of carbonyl (C=O) groups is 3. The van der Waals surface area contributed by atoms with Gasteiger partial charge in [-0.15, -0.1) is 0 Å². The summed E-state index contributed by atoms with van der Waals surface area (Å²) in [5.74, 6) is -4.27. The van der Waals surface area contributed by atoms with Gasteiger partial charge in [-0.25, -0.2) is 5.48 Å². The second-order valence-electron chi connectivity index (χ2n) is 2.62. The Kier molecular flexibility index (Phi) is 5.72. The van der Waals surface area contributed by atoms with Crippen LogP contribution in [0.25, 0.3) is 0 Å². The number of hydrogen-bond acceptors (Lipinski definition) is 5. The summed E-state index contributed by atoms with van der Waals surface area (Å²) in [5.41, 5.74) is 6.08. The van der Waals surface area contributed by atoms with Gasteiger partial charge in [0.25, 0.3) is 5.91 Å². The normalized spacial score (nSPS) is 11.3. The number of hydroxylamine groups is 1. The van der Waals surface area contributed by atoms with Crippen molar-refractivity contribution in [2.24, 2.45) is 11.7 Å². The standard InChI is InChI=1S/C8H12N2O5/c1-2-3-15-8(13)5(4-6(9)11)7(12)10-14/h2,5,14H,1,3-4H2,(H2,9,11)(H,10,12). The third-order valence-electron chi connectivity index (χ3n) is 1.46. The lowest BCUT2D eigenvalue weighted by Gasteiger charge is -2.11. The van der Waals surface area contributed by atoms with Crippen LogP contribution in [0.2, 0.25) is 0 Å². The van der Waals surface area contributed by atoms with E-state index in [1.54, 1.807) is 0 Å². The summed E-state index contributed by atoms with van der Waals surface area (Å²) < 4.78 is 4.54. The van der Waals surface area contributed by atoms with Crippen molar-refractivity contribution in [3.63, 3.8) is 0 Å². The van der Waals surface area contributed by atoms with E-state index in [1.807, 2.05) is 0 Å². The second kappa shape index (κ2) is 6.55. The van der Waals surface area contributed by atoms with Gasteiger partial charge in [0, 0.05) is 6.42 Å².